The number of hydrogen-bond donors (Lipinski definition) is 1. The second-order valence-corrected chi connectivity index (χ2v) is 8.73. The molecular weight excluding hydrogens is 450 g/mol. The van der Waals surface area contributed by atoms with Crippen LogP contribution in [0.2, 0.25) is 5.02 Å². The lowest BCUT2D eigenvalue weighted by molar-refractivity contribution is -0.129. The summed E-state index contributed by atoms with van der Waals surface area (Å²) in [5.41, 5.74) is 3.46. The predicted molar refractivity (Wildman–Crippen MR) is 132 cm³/mol. The second-order valence-electron chi connectivity index (χ2n) is 8.32. The van der Waals surface area contributed by atoms with Gasteiger partial charge in [-0.25, -0.2) is 9.67 Å². The fourth-order valence-corrected chi connectivity index (χ4v) is 4.42. The molecule has 0 aliphatic carbocycles. The Bertz CT molecular complexity index is 1350. The van der Waals surface area contributed by atoms with E-state index in [9.17, 15) is 9.59 Å². The number of hydrogen-bond acceptors (Lipinski definition) is 4. The molecule has 7 nitrogen and oxygen atoms in total. The molecule has 0 atom stereocenters. The zero-order valence-electron chi connectivity index (χ0n) is 18.6. The van der Waals surface area contributed by atoms with Crippen LogP contribution in [0.3, 0.4) is 0 Å². The van der Waals surface area contributed by atoms with Crippen LogP contribution < -0.4 is 5.32 Å². The van der Waals surface area contributed by atoms with E-state index >= 15 is 0 Å². The number of amides is 2. The van der Waals surface area contributed by atoms with Gasteiger partial charge >= 0.3 is 0 Å². The van der Waals surface area contributed by atoms with Gasteiger partial charge in [-0.05, 0) is 30.5 Å². The Morgan fingerprint density at radius 2 is 1.74 bits per heavy atom. The van der Waals surface area contributed by atoms with Gasteiger partial charge in [-0.1, -0.05) is 60.1 Å². The number of nitrogens with zero attached hydrogens (tertiary/aromatic N) is 4. The molecule has 0 spiro atoms. The van der Waals surface area contributed by atoms with Gasteiger partial charge in [0.15, 0.2) is 5.65 Å². The van der Waals surface area contributed by atoms with E-state index in [2.05, 4.69) is 10.4 Å². The average molecular weight is 474 g/mol. The summed E-state index contributed by atoms with van der Waals surface area (Å²) in [6.07, 6.45) is 3.66. The Kier molecular flexibility index (Phi) is 6.27. The number of fused-ring (bicyclic) bond motifs is 1. The van der Waals surface area contributed by atoms with E-state index in [-0.39, 0.29) is 18.4 Å². The number of halogens is 1. The van der Waals surface area contributed by atoms with Crippen LogP contribution in [-0.4, -0.2) is 51.1 Å². The van der Waals surface area contributed by atoms with Crippen molar-refractivity contribution in [1.82, 2.24) is 25.0 Å². The molecule has 2 amide bonds. The molecule has 1 aliphatic rings. The molecule has 4 aromatic rings. The molecule has 0 radical (unpaired) electrons. The number of nitrogens with one attached hydrogen (secondary N) is 1. The highest BCUT2D eigenvalue weighted by Gasteiger charge is 2.21. The molecular formula is C26H24ClN5O2. The summed E-state index contributed by atoms with van der Waals surface area (Å²) in [7, 11) is 0. The third kappa shape index (κ3) is 4.52. The van der Waals surface area contributed by atoms with Crippen LogP contribution in [0.4, 0.5) is 0 Å². The maximum absolute atomic E-state index is 13.2. The van der Waals surface area contributed by atoms with Gasteiger partial charge in [0.2, 0.25) is 5.91 Å². The molecule has 1 N–H and O–H groups in total. The number of aromatic nitrogens is 3. The van der Waals surface area contributed by atoms with E-state index in [4.69, 9.17) is 16.6 Å². The zero-order chi connectivity index (χ0) is 23.5. The Hall–Kier alpha value is -3.71. The molecule has 172 valence electrons. The first-order valence-corrected chi connectivity index (χ1v) is 11.7. The highest BCUT2D eigenvalue weighted by molar-refractivity contribution is 6.31. The smallest absolute Gasteiger partial charge is 0.252 e. The Labute approximate surface area is 202 Å². The maximum Gasteiger partial charge on any atom is 0.252 e. The van der Waals surface area contributed by atoms with Gasteiger partial charge in [0.05, 0.1) is 35.9 Å². The molecule has 1 aliphatic heterocycles. The number of carbonyl (C=O) groups excluding carboxylic acids is 2. The van der Waals surface area contributed by atoms with Gasteiger partial charge in [-0.3, -0.25) is 9.59 Å². The predicted octanol–water partition coefficient (Wildman–Crippen LogP) is 4.15. The topological polar surface area (TPSA) is 80.1 Å². The van der Waals surface area contributed by atoms with E-state index in [0.29, 0.717) is 33.9 Å². The summed E-state index contributed by atoms with van der Waals surface area (Å²) >= 11 is 6.36. The minimum Gasteiger partial charge on any atom is -0.343 e. The standard InChI is InChI=1S/C26H24ClN5O2/c27-22-11-5-4-10-19(22)17-32-25-21(15-29-32)20(14-23(30-25)18-8-2-1-3-9-18)26(34)28-16-24(33)31-12-6-7-13-31/h1-5,8-11,14-15H,6-7,12-13,16-17H2,(H,28,34). The van der Waals surface area contributed by atoms with Crippen LogP contribution in [-0.2, 0) is 11.3 Å². The summed E-state index contributed by atoms with van der Waals surface area (Å²) in [6, 6.07) is 19.0. The lowest BCUT2D eigenvalue weighted by atomic mass is 10.1. The van der Waals surface area contributed by atoms with Gasteiger partial charge in [0, 0.05) is 23.7 Å². The highest BCUT2D eigenvalue weighted by Crippen LogP contribution is 2.26. The van der Waals surface area contributed by atoms with Crippen LogP contribution in [0.5, 0.6) is 0 Å². The molecule has 2 aromatic carbocycles. The van der Waals surface area contributed by atoms with Crippen LogP contribution >= 0.6 is 11.6 Å². The van der Waals surface area contributed by atoms with Crippen molar-refractivity contribution >= 4 is 34.4 Å². The van der Waals surface area contributed by atoms with Crippen molar-refractivity contribution in [2.45, 2.75) is 19.4 Å². The number of rotatable bonds is 6. The normalized spacial score (nSPS) is 13.4. The average Bonchev–Trinajstić information content (AvgIpc) is 3.54. The van der Waals surface area contributed by atoms with Crippen molar-refractivity contribution in [1.29, 1.82) is 0 Å². The maximum atomic E-state index is 13.2. The lowest BCUT2D eigenvalue weighted by Gasteiger charge is -2.15. The van der Waals surface area contributed by atoms with E-state index in [1.807, 2.05) is 54.6 Å². The lowest BCUT2D eigenvalue weighted by Crippen LogP contribution is -2.38. The SMILES string of the molecule is O=C(NCC(=O)N1CCCC1)c1cc(-c2ccccc2)nc2c1cnn2Cc1ccccc1Cl. The van der Waals surface area contributed by atoms with E-state index in [1.165, 1.54) is 0 Å². The van der Waals surface area contributed by atoms with Crippen molar-refractivity contribution in [3.05, 3.63) is 83.0 Å². The minimum absolute atomic E-state index is 0.0307. The van der Waals surface area contributed by atoms with Gasteiger partial charge in [-0.15, -0.1) is 0 Å². The van der Waals surface area contributed by atoms with Crippen LogP contribution in [0.15, 0.2) is 66.9 Å². The first kappa shape index (κ1) is 22.1. The van der Waals surface area contributed by atoms with Gasteiger partial charge in [0.1, 0.15) is 0 Å². The van der Waals surface area contributed by atoms with Crippen molar-refractivity contribution in [2.75, 3.05) is 19.6 Å². The number of likely N-dealkylation sites (tertiary alicyclic amines) is 1. The number of benzene rings is 2. The summed E-state index contributed by atoms with van der Waals surface area (Å²) in [6.45, 7) is 1.89. The molecule has 1 fully saturated rings. The van der Waals surface area contributed by atoms with Crippen molar-refractivity contribution < 1.29 is 9.59 Å². The molecule has 1 saturated heterocycles. The largest absolute Gasteiger partial charge is 0.343 e. The molecule has 0 bridgehead atoms. The van der Waals surface area contributed by atoms with Crippen molar-refractivity contribution in [2.24, 2.45) is 0 Å². The third-order valence-electron chi connectivity index (χ3n) is 6.06. The molecule has 0 unspecified atom stereocenters. The number of pyridine rings is 1. The Balaban J connectivity index is 1.51. The van der Waals surface area contributed by atoms with Gasteiger partial charge in [0.25, 0.3) is 5.91 Å². The van der Waals surface area contributed by atoms with Crippen molar-refractivity contribution in [3.63, 3.8) is 0 Å². The van der Waals surface area contributed by atoms with E-state index in [0.717, 1.165) is 37.1 Å². The zero-order valence-corrected chi connectivity index (χ0v) is 19.3. The summed E-state index contributed by atoms with van der Waals surface area (Å²) in [5.74, 6) is -0.386. The first-order valence-electron chi connectivity index (χ1n) is 11.3. The molecule has 34 heavy (non-hydrogen) atoms. The molecule has 3 heterocycles. The van der Waals surface area contributed by atoms with Gasteiger partial charge < -0.3 is 10.2 Å². The monoisotopic (exact) mass is 473 g/mol. The number of carbonyl (C=O) groups is 2. The Morgan fingerprint density at radius 1 is 1.00 bits per heavy atom. The van der Waals surface area contributed by atoms with Crippen LogP contribution in [0, 0.1) is 0 Å². The minimum atomic E-state index is -0.325. The van der Waals surface area contributed by atoms with E-state index in [1.54, 1.807) is 21.8 Å². The summed E-state index contributed by atoms with van der Waals surface area (Å²) < 4.78 is 1.75. The summed E-state index contributed by atoms with van der Waals surface area (Å²) in [4.78, 5) is 32.3. The van der Waals surface area contributed by atoms with Crippen molar-refractivity contribution in [3.8, 4) is 11.3 Å². The Morgan fingerprint density at radius 3 is 2.50 bits per heavy atom. The molecule has 0 saturated carbocycles. The van der Waals surface area contributed by atoms with Gasteiger partial charge in [-0.2, -0.15) is 5.10 Å². The molecule has 5 rings (SSSR count). The summed E-state index contributed by atoms with van der Waals surface area (Å²) in [5, 5.41) is 8.57. The van der Waals surface area contributed by atoms with Crippen LogP contribution in [0.25, 0.3) is 22.3 Å². The fourth-order valence-electron chi connectivity index (χ4n) is 4.23. The second kappa shape index (κ2) is 9.65. The highest BCUT2D eigenvalue weighted by atomic mass is 35.5. The van der Waals surface area contributed by atoms with E-state index < -0.39 is 0 Å². The fraction of sp³-hybridized carbons (Fsp3) is 0.231. The third-order valence-corrected chi connectivity index (χ3v) is 6.43. The molecule has 2 aromatic heterocycles. The molecule has 8 heteroatoms. The van der Waals surface area contributed by atoms with Crippen LogP contribution in [0.1, 0.15) is 28.8 Å². The quantitative estimate of drug-likeness (QED) is 0.456. The first-order chi connectivity index (χ1) is 16.6.